The molecular weight excluding hydrogens is 314 g/mol. The molecule has 8 heteroatoms. The van der Waals surface area contributed by atoms with Gasteiger partial charge in [0.1, 0.15) is 6.73 Å². The van der Waals surface area contributed by atoms with E-state index in [2.05, 4.69) is 0 Å². The van der Waals surface area contributed by atoms with E-state index in [1.807, 2.05) is 13.8 Å². The first-order chi connectivity index (χ1) is 11.3. The first-order valence-electron chi connectivity index (χ1n) is 7.74. The van der Waals surface area contributed by atoms with E-state index in [0.717, 1.165) is 10.5 Å². The molecule has 1 aromatic rings. The van der Waals surface area contributed by atoms with Crippen LogP contribution in [0.15, 0.2) is 24.3 Å². The minimum atomic E-state index is -1.32. The number of carbonyl (C=O) groups is 2. The van der Waals surface area contributed by atoms with Crippen LogP contribution in [0.2, 0.25) is 0 Å². The van der Waals surface area contributed by atoms with Gasteiger partial charge in [-0.25, -0.2) is 14.5 Å². The number of aliphatic hydroxyl groups is 1. The number of aliphatic hydroxyl groups excluding tert-OH is 1. The van der Waals surface area contributed by atoms with Crippen LogP contribution in [-0.4, -0.2) is 57.7 Å². The number of nitrogens with two attached hydrogens (primary N) is 1. The van der Waals surface area contributed by atoms with E-state index in [0.29, 0.717) is 12.1 Å². The minimum Gasteiger partial charge on any atom is -0.465 e. The smallest absolute Gasteiger partial charge is 0.415 e. The number of amides is 3. The van der Waals surface area contributed by atoms with Gasteiger partial charge >= 0.3 is 12.1 Å². The zero-order valence-electron chi connectivity index (χ0n) is 13.8. The molecule has 2 rings (SSSR count). The molecule has 3 amide bonds. The highest BCUT2D eigenvalue weighted by molar-refractivity contribution is 5.90. The van der Waals surface area contributed by atoms with Crippen LogP contribution in [0, 0.1) is 5.92 Å². The van der Waals surface area contributed by atoms with Crippen molar-refractivity contribution in [2.45, 2.75) is 32.6 Å². The SMILES string of the molecule is CC(C)CN(C(=O)O)C(=O)N1COC(O)C1Cc1ccc(N)cc1. The zero-order valence-corrected chi connectivity index (χ0v) is 13.8. The molecule has 0 bridgehead atoms. The number of anilines is 1. The third-order valence-electron chi connectivity index (χ3n) is 3.79. The van der Waals surface area contributed by atoms with Gasteiger partial charge in [0.25, 0.3) is 0 Å². The average molecular weight is 337 g/mol. The second kappa shape index (κ2) is 7.50. The van der Waals surface area contributed by atoms with Crippen molar-refractivity contribution in [2.24, 2.45) is 5.92 Å². The molecule has 1 aliphatic rings. The summed E-state index contributed by atoms with van der Waals surface area (Å²) < 4.78 is 5.15. The van der Waals surface area contributed by atoms with Gasteiger partial charge in [0.2, 0.25) is 0 Å². The van der Waals surface area contributed by atoms with Crippen molar-refractivity contribution in [2.75, 3.05) is 19.0 Å². The lowest BCUT2D eigenvalue weighted by Crippen LogP contribution is -2.50. The Hall–Kier alpha value is -2.32. The van der Waals surface area contributed by atoms with Crippen molar-refractivity contribution >= 4 is 17.8 Å². The quantitative estimate of drug-likeness (QED) is 0.718. The molecule has 24 heavy (non-hydrogen) atoms. The predicted molar refractivity (Wildman–Crippen MR) is 87.1 cm³/mol. The number of carbonyl (C=O) groups excluding carboxylic acids is 1. The van der Waals surface area contributed by atoms with Gasteiger partial charge in [-0.2, -0.15) is 0 Å². The van der Waals surface area contributed by atoms with E-state index >= 15 is 0 Å². The molecule has 2 unspecified atom stereocenters. The number of rotatable bonds is 4. The topological polar surface area (TPSA) is 116 Å². The Balaban J connectivity index is 2.15. The highest BCUT2D eigenvalue weighted by atomic mass is 16.6. The van der Waals surface area contributed by atoms with Gasteiger partial charge in [-0.05, 0) is 30.0 Å². The lowest BCUT2D eigenvalue weighted by atomic mass is 10.0. The molecule has 1 heterocycles. The molecule has 0 spiro atoms. The van der Waals surface area contributed by atoms with Gasteiger partial charge in [-0.1, -0.05) is 26.0 Å². The fourth-order valence-electron chi connectivity index (χ4n) is 2.58. The summed E-state index contributed by atoms with van der Waals surface area (Å²) in [6.07, 6.45) is -2.15. The maximum absolute atomic E-state index is 12.6. The van der Waals surface area contributed by atoms with E-state index in [9.17, 15) is 19.8 Å². The van der Waals surface area contributed by atoms with Crippen LogP contribution < -0.4 is 5.73 Å². The molecule has 1 fully saturated rings. The highest BCUT2D eigenvalue weighted by Gasteiger charge is 2.40. The van der Waals surface area contributed by atoms with Crippen molar-refractivity contribution in [3.05, 3.63) is 29.8 Å². The third kappa shape index (κ3) is 4.15. The molecule has 132 valence electrons. The molecule has 1 saturated heterocycles. The van der Waals surface area contributed by atoms with E-state index in [1.165, 1.54) is 4.90 Å². The Kier molecular flexibility index (Phi) is 5.63. The third-order valence-corrected chi connectivity index (χ3v) is 3.79. The van der Waals surface area contributed by atoms with Gasteiger partial charge in [0.05, 0.1) is 6.04 Å². The van der Waals surface area contributed by atoms with Gasteiger partial charge in [0, 0.05) is 12.2 Å². The minimum absolute atomic E-state index is 0.00552. The number of nitrogen functional groups attached to an aromatic ring is 1. The Morgan fingerprint density at radius 3 is 2.54 bits per heavy atom. The van der Waals surface area contributed by atoms with Crippen molar-refractivity contribution in [3.8, 4) is 0 Å². The van der Waals surface area contributed by atoms with Crippen LogP contribution in [-0.2, 0) is 11.2 Å². The number of carboxylic acid groups (broad SMARTS) is 1. The molecule has 0 radical (unpaired) electrons. The molecule has 1 aromatic carbocycles. The van der Waals surface area contributed by atoms with Crippen LogP contribution in [0.4, 0.5) is 15.3 Å². The van der Waals surface area contributed by atoms with Crippen LogP contribution in [0.25, 0.3) is 0 Å². The lowest BCUT2D eigenvalue weighted by molar-refractivity contribution is -0.0671. The van der Waals surface area contributed by atoms with Crippen molar-refractivity contribution < 1.29 is 24.5 Å². The molecule has 0 aromatic heterocycles. The van der Waals surface area contributed by atoms with Gasteiger partial charge in [0.15, 0.2) is 6.29 Å². The molecule has 0 saturated carbocycles. The van der Waals surface area contributed by atoms with E-state index in [1.54, 1.807) is 24.3 Å². The molecule has 1 aliphatic heterocycles. The normalized spacial score (nSPS) is 20.4. The van der Waals surface area contributed by atoms with Crippen LogP contribution in [0.3, 0.4) is 0 Å². The van der Waals surface area contributed by atoms with Gasteiger partial charge in [-0.3, -0.25) is 4.90 Å². The van der Waals surface area contributed by atoms with E-state index in [-0.39, 0.29) is 19.2 Å². The molecule has 0 aliphatic carbocycles. The Morgan fingerprint density at radius 1 is 1.38 bits per heavy atom. The van der Waals surface area contributed by atoms with Crippen LogP contribution >= 0.6 is 0 Å². The van der Waals surface area contributed by atoms with E-state index < -0.39 is 24.5 Å². The summed E-state index contributed by atoms with van der Waals surface area (Å²) in [4.78, 5) is 26.0. The maximum atomic E-state index is 12.6. The highest BCUT2D eigenvalue weighted by Crippen LogP contribution is 2.22. The Morgan fingerprint density at radius 2 is 2.00 bits per heavy atom. The fourth-order valence-corrected chi connectivity index (χ4v) is 2.58. The summed E-state index contributed by atoms with van der Waals surface area (Å²) >= 11 is 0. The summed E-state index contributed by atoms with van der Waals surface area (Å²) in [6, 6.07) is 5.71. The number of urea groups is 1. The van der Waals surface area contributed by atoms with Gasteiger partial charge in [-0.15, -0.1) is 0 Å². The van der Waals surface area contributed by atoms with Gasteiger partial charge < -0.3 is 20.7 Å². The van der Waals surface area contributed by atoms with Crippen molar-refractivity contribution in [1.29, 1.82) is 0 Å². The van der Waals surface area contributed by atoms with Crippen molar-refractivity contribution in [1.82, 2.24) is 9.80 Å². The average Bonchev–Trinajstić information content (AvgIpc) is 2.87. The van der Waals surface area contributed by atoms with Crippen LogP contribution in [0.5, 0.6) is 0 Å². The molecular formula is C16H23N3O5. The van der Waals surface area contributed by atoms with Crippen LogP contribution in [0.1, 0.15) is 19.4 Å². The predicted octanol–water partition coefficient (Wildman–Crippen LogP) is 1.54. The number of hydrogen-bond acceptors (Lipinski definition) is 5. The summed E-state index contributed by atoms with van der Waals surface area (Å²) in [6.45, 7) is 3.58. The van der Waals surface area contributed by atoms with E-state index in [4.69, 9.17) is 10.5 Å². The standard InChI is InChI=1S/C16H23N3O5/c1-10(2)8-18(16(22)23)15(21)19-9-24-14(20)13(19)7-11-3-5-12(17)6-4-11/h3-6,10,13-14,20H,7-9,17H2,1-2H3,(H,22,23). The fraction of sp³-hybridized carbons (Fsp3) is 0.500. The summed E-state index contributed by atoms with van der Waals surface area (Å²) in [5.41, 5.74) is 7.12. The number of imide groups is 1. The number of benzene rings is 1. The first kappa shape index (κ1) is 18.0. The lowest BCUT2D eigenvalue weighted by Gasteiger charge is -2.29. The first-order valence-corrected chi connectivity index (χ1v) is 7.74. The number of hydrogen-bond donors (Lipinski definition) is 3. The van der Waals surface area contributed by atoms with Crippen molar-refractivity contribution in [3.63, 3.8) is 0 Å². The summed E-state index contributed by atoms with van der Waals surface area (Å²) in [5.74, 6) is -0.00552. The second-order valence-electron chi connectivity index (χ2n) is 6.24. The largest absolute Gasteiger partial charge is 0.465 e. The molecule has 8 nitrogen and oxygen atoms in total. The zero-order chi connectivity index (χ0) is 17.9. The Bertz CT molecular complexity index is 590. The molecule has 4 N–H and O–H groups in total. The second-order valence-corrected chi connectivity index (χ2v) is 6.24. The molecule has 2 atom stereocenters. The number of nitrogens with zero attached hydrogens (tertiary/aromatic N) is 2. The summed E-state index contributed by atoms with van der Waals surface area (Å²) in [5, 5.41) is 19.3. The summed E-state index contributed by atoms with van der Waals surface area (Å²) in [7, 11) is 0. The number of ether oxygens (including phenoxy) is 1. The monoisotopic (exact) mass is 337 g/mol. The maximum Gasteiger partial charge on any atom is 0.415 e. The Labute approximate surface area is 140 Å².